The molecule has 186 valence electrons. The Kier molecular flexibility index (Phi) is 9.00. The lowest BCUT2D eigenvalue weighted by Crippen LogP contribution is -2.42. The van der Waals surface area contributed by atoms with Crippen molar-refractivity contribution in [3.8, 4) is 11.5 Å². The number of amides is 1. The number of carbonyl (C=O) groups is 4. The highest BCUT2D eigenvalue weighted by Crippen LogP contribution is 2.38. The number of fused-ring (bicyclic) bond motifs is 1. The lowest BCUT2D eigenvalue weighted by molar-refractivity contribution is -0.147. The Hall–Kier alpha value is -4.32. The highest BCUT2D eigenvalue weighted by atomic mass is 35.5. The van der Waals surface area contributed by atoms with E-state index >= 15 is 0 Å². The van der Waals surface area contributed by atoms with Gasteiger partial charge in [-0.25, -0.2) is 14.6 Å². The quantitative estimate of drug-likeness (QED) is 0.142. The summed E-state index contributed by atoms with van der Waals surface area (Å²) in [4.78, 5) is 50.4. The molecule has 0 bridgehead atoms. The first-order chi connectivity index (χ1) is 16.1. The number of hydrogen-bond acceptors (Lipinski definition) is 7. The largest absolute Gasteiger partial charge is 0.492 e. The van der Waals surface area contributed by atoms with Gasteiger partial charge in [0.1, 0.15) is 17.5 Å². The first kappa shape index (κ1) is 26.9. The Balaban J connectivity index is 0.00000432. The fourth-order valence-electron chi connectivity index (χ4n) is 3.33. The number of nitrogens with zero attached hydrogens (tertiary/aromatic N) is 1. The molecule has 0 aliphatic carbocycles. The molecule has 0 fully saturated rings. The van der Waals surface area contributed by atoms with Gasteiger partial charge in [-0.15, -0.1) is 12.4 Å². The maximum atomic E-state index is 12.4. The third-order valence-corrected chi connectivity index (χ3v) is 4.88. The molecule has 7 N–H and O–H groups in total. The fourth-order valence-corrected chi connectivity index (χ4v) is 3.33. The third kappa shape index (κ3) is 7.33. The number of carbonyl (C=O) groups excluding carboxylic acids is 2. The minimum atomic E-state index is -1.53. The van der Waals surface area contributed by atoms with E-state index in [4.69, 9.17) is 31.2 Å². The van der Waals surface area contributed by atoms with E-state index in [1.54, 1.807) is 24.3 Å². The van der Waals surface area contributed by atoms with Crippen LogP contribution in [0.1, 0.15) is 34.7 Å². The number of nitrogens with two attached hydrogens (primary N) is 2. The number of nitrogens with one attached hydrogen (secondary N) is 1. The molecule has 13 heteroatoms. The summed E-state index contributed by atoms with van der Waals surface area (Å²) in [6, 6.07) is 9.33. The Labute approximate surface area is 205 Å². The number of rotatable bonds is 9. The Morgan fingerprint density at radius 3 is 2.40 bits per heavy atom. The summed E-state index contributed by atoms with van der Waals surface area (Å²) in [6.07, 6.45) is -0.831. The van der Waals surface area contributed by atoms with Crippen LogP contribution in [-0.4, -0.2) is 52.6 Å². The normalized spacial score (nSPS) is 14.3. The van der Waals surface area contributed by atoms with E-state index in [1.165, 1.54) is 18.2 Å². The molecular formula is C22H23ClN4O8. The summed E-state index contributed by atoms with van der Waals surface area (Å²) < 4.78 is 11.0. The first-order valence-corrected chi connectivity index (χ1v) is 10.0. The van der Waals surface area contributed by atoms with Crippen LogP contribution < -0.4 is 26.3 Å². The number of aliphatic imine (C=N–C) groups is 1. The molecule has 2 atom stereocenters. The van der Waals surface area contributed by atoms with Crippen LogP contribution >= 0.6 is 12.4 Å². The second-order valence-electron chi connectivity index (χ2n) is 7.44. The van der Waals surface area contributed by atoms with Crippen LogP contribution in [0.15, 0.2) is 47.5 Å². The van der Waals surface area contributed by atoms with Gasteiger partial charge >= 0.3 is 17.9 Å². The van der Waals surface area contributed by atoms with Crippen molar-refractivity contribution < 1.29 is 38.9 Å². The van der Waals surface area contributed by atoms with Crippen molar-refractivity contribution in [2.45, 2.75) is 24.8 Å². The molecule has 0 radical (unpaired) electrons. The van der Waals surface area contributed by atoms with Crippen LogP contribution in [0.5, 0.6) is 11.5 Å². The van der Waals surface area contributed by atoms with E-state index in [1.807, 2.05) is 0 Å². The number of guanidine groups is 1. The van der Waals surface area contributed by atoms with Gasteiger partial charge < -0.3 is 36.5 Å². The molecule has 1 aliphatic heterocycles. The van der Waals surface area contributed by atoms with Gasteiger partial charge in [0.25, 0.3) is 0 Å². The molecule has 2 aromatic rings. The molecule has 0 spiro atoms. The Bertz CT molecular complexity index is 1150. The number of aliphatic carboxylic acids is 2. The predicted molar refractivity (Wildman–Crippen MR) is 125 cm³/mol. The monoisotopic (exact) mass is 506 g/mol. The summed E-state index contributed by atoms with van der Waals surface area (Å²) in [6.45, 7) is 0.156. The fraction of sp³-hybridized carbons (Fsp3) is 0.227. The van der Waals surface area contributed by atoms with Crippen LogP contribution in [0.2, 0.25) is 0 Å². The van der Waals surface area contributed by atoms with Crippen LogP contribution in [0.4, 0.5) is 5.69 Å². The maximum absolute atomic E-state index is 12.4. The zero-order valence-corrected chi connectivity index (χ0v) is 19.0. The highest BCUT2D eigenvalue weighted by molar-refractivity contribution is 5.91. The van der Waals surface area contributed by atoms with Gasteiger partial charge in [0.2, 0.25) is 5.91 Å². The molecule has 2 unspecified atom stereocenters. The van der Waals surface area contributed by atoms with Crippen molar-refractivity contribution in [1.82, 2.24) is 5.32 Å². The summed E-state index contributed by atoms with van der Waals surface area (Å²) >= 11 is 0. The Morgan fingerprint density at radius 1 is 1.11 bits per heavy atom. The molecule has 0 aromatic heterocycles. The van der Waals surface area contributed by atoms with E-state index < -0.39 is 36.3 Å². The van der Waals surface area contributed by atoms with Gasteiger partial charge in [-0.3, -0.25) is 9.59 Å². The lowest BCUT2D eigenvalue weighted by atomic mass is 9.97. The molecule has 12 nitrogen and oxygen atoms in total. The second kappa shape index (κ2) is 11.7. The van der Waals surface area contributed by atoms with Gasteiger partial charge in [-0.2, -0.15) is 0 Å². The van der Waals surface area contributed by atoms with Crippen LogP contribution in [0.25, 0.3) is 0 Å². The van der Waals surface area contributed by atoms with Gasteiger partial charge in [-0.1, -0.05) is 6.07 Å². The van der Waals surface area contributed by atoms with E-state index in [0.29, 0.717) is 17.0 Å². The van der Waals surface area contributed by atoms with E-state index in [-0.39, 0.29) is 48.6 Å². The topological polar surface area (TPSA) is 204 Å². The lowest BCUT2D eigenvalue weighted by Gasteiger charge is -2.14. The van der Waals surface area contributed by atoms with Crippen molar-refractivity contribution in [1.29, 1.82) is 0 Å². The van der Waals surface area contributed by atoms with Crippen LogP contribution in [0, 0.1) is 0 Å². The van der Waals surface area contributed by atoms with Crippen molar-refractivity contribution in [3.63, 3.8) is 0 Å². The standard InChI is InChI=1S/C22H22N4O8.ClH/c23-22(24)25-13-3-1-11(2-4-13)21(32)34-14-5-6-15-12(10-33-17(15)8-14)7-18(27)26-16(20(30)31)9-19(28)29;/h1-6,8,12,16H,7,9-10H2,(H,26,27)(H,28,29)(H,30,31)(H4,23,24,25);1H. The van der Waals surface area contributed by atoms with Gasteiger partial charge in [0, 0.05) is 24.0 Å². The smallest absolute Gasteiger partial charge is 0.343 e. The van der Waals surface area contributed by atoms with Crippen molar-refractivity contribution in [2.75, 3.05) is 6.61 Å². The molecular weight excluding hydrogens is 484 g/mol. The molecule has 0 saturated carbocycles. The molecule has 3 rings (SSSR count). The molecule has 2 aromatic carbocycles. The molecule has 1 amide bonds. The number of carboxylic acid groups (broad SMARTS) is 2. The van der Waals surface area contributed by atoms with Crippen molar-refractivity contribution in [2.24, 2.45) is 16.5 Å². The maximum Gasteiger partial charge on any atom is 0.343 e. The van der Waals surface area contributed by atoms with Gasteiger partial charge in [-0.05, 0) is 30.3 Å². The van der Waals surface area contributed by atoms with Crippen LogP contribution in [0.3, 0.4) is 0 Å². The van der Waals surface area contributed by atoms with E-state index in [0.717, 1.165) is 0 Å². The molecule has 1 heterocycles. The molecule has 35 heavy (non-hydrogen) atoms. The molecule has 1 aliphatic rings. The number of esters is 1. The Morgan fingerprint density at radius 2 is 1.80 bits per heavy atom. The number of benzene rings is 2. The average molecular weight is 507 g/mol. The van der Waals surface area contributed by atoms with Crippen molar-refractivity contribution in [3.05, 3.63) is 53.6 Å². The van der Waals surface area contributed by atoms with Crippen molar-refractivity contribution >= 4 is 47.9 Å². The SMILES string of the molecule is Cl.NC(N)=Nc1ccc(C(=O)Oc2ccc3c(c2)OCC3CC(=O)NC(CC(=O)O)C(=O)O)cc1. The van der Waals surface area contributed by atoms with Crippen LogP contribution in [-0.2, 0) is 14.4 Å². The zero-order chi connectivity index (χ0) is 24.8. The zero-order valence-electron chi connectivity index (χ0n) is 18.2. The minimum absolute atomic E-state index is 0. The first-order valence-electron chi connectivity index (χ1n) is 10.0. The summed E-state index contributed by atoms with van der Waals surface area (Å²) in [5.74, 6) is -3.82. The summed E-state index contributed by atoms with van der Waals surface area (Å²) in [7, 11) is 0. The predicted octanol–water partition coefficient (Wildman–Crippen LogP) is 1.14. The summed E-state index contributed by atoms with van der Waals surface area (Å²) in [5.41, 5.74) is 12.1. The minimum Gasteiger partial charge on any atom is -0.492 e. The second-order valence-corrected chi connectivity index (χ2v) is 7.44. The number of halogens is 1. The summed E-state index contributed by atoms with van der Waals surface area (Å²) in [5, 5.41) is 20.1. The number of ether oxygens (including phenoxy) is 2. The third-order valence-electron chi connectivity index (χ3n) is 4.88. The molecule has 0 saturated heterocycles. The van der Waals surface area contributed by atoms with Gasteiger partial charge in [0.15, 0.2) is 5.96 Å². The number of carboxylic acids is 2. The number of hydrogen-bond donors (Lipinski definition) is 5. The van der Waals surface area contributed by atoms with E-state index in [2.05, 4.69) is 10.3 Å². The highest BCUT2D eigenvalue weighted by Gasteiger charge is 2.29. The van der Waals surface area contributed by atoms with E-state index in [9.17, 15) is 19.2 Å². The average Bonchev–Trinajstić information content (AvgIpc) is 3.14. The van der Waals surface area contributed by atoms with Gasteiger partial charge in [0.05, 0.1) is 24.3 Å².